The van der Waals surface area contributed by atoms with Crippen LogP contribution < -0.4 is 21.5 Å². The Bertz CT molecular complexity index is 507. The highest BCUT2D eigenvalue weighted by molar-refractivity contribution is 5.78. The summed E-state index contributed by atoms with van der Waals surface area (Å²) in [5, 5.41) is 14.5. The van der Waals surface area contributed by atoms with Crippen molar-refractivity contribution in [3.8, 4) is 6.07 Å². The van der Waals surface area contributed by atoms with Gasteiger partial charge >= 0.3 is 0 Å². The summed E-state index contributed by atoms with van der Waals surface area (Å²) in [5.74, 6) is 1.77. The van der Waals surface area contributed by atoms with Crippen LogP contribution in [0.2, 0.25) is 0 Å². The summed E-state index contributed by atoms with van der Waals surface area (Å²) >= 11 is 0. The van der Waals surface area contributed by atoms with Gasteiger partial charge in [0.05, 0.1) is 6.07 Å². The normalized spacial score (nSPS) is 19.9. The van der Waals surface area contributed by atoms with E-state index in [0.717, 1.165) is 37.7 Å². The lowest BCUT2D eigenvalue weighted by Crippen LogP contribution is -2.40. The standard InChI is InChI=1S/C9H14N2O.C6H10N4.2C2H6.H2/c1-8-3-6-11(7-4-8)9(12)2-5-10;1-7-5-4-2-3-8-6(4)10-9-5;2*1-2;/h8H,2-4,6-7H2,1H3;2-3,6-10H,1H3;2*1-2H3;1H. The van der Waals surface area contributed by atoms with Crippen molar-refractivity contribution in [2.75, 3.05) is 20.1 Å². The first-order valence-electron chi connectivity index (χ1n) is 9.66. The van der Waals surface area contributed by atoms with Crippen LogP contribution in [0.4, 0.5) is 0 Å². The summed E-state index contributed by atoms with van der Waals surface area (Å²) in [5.41, 5.74) is 7.31. The average Bonchev–Trinajstić information content (AvgIpc) is 3.30. The fourth-order valence-electron chi connectivity index (χ4n) is 2.63. The average molecular weight is 367 g/mol. The van der Waals surface area contributed by atoms with Gasteiger partial charge in [0.15, 0.2) is 0 Å². The Kier molecular flexibility index (Phi) is 12.8. The first-order valence-corrected chi connectivity index (χ1v) is 9.66. The molecule has 7 heteroatoms. The molecule has 1 fully saturated rings. The highest BCUT2D eigenvalue weighted by Crippen LogP contribution is 2.16. The minimum atomic E-state index is -0.00981. The molecule has 3 heterocycles. The molecule has 3 aliphatic rings. The third-order valence-electron chi connectivity index (χ3n) is 4.08. The zero-order valence-electron chi connectivity index (χ0n) is 17.1. The molecule has 3 rings (SSSR count). The summed E-state index contributed by atoms with van der Waals surface area (Å²) in [4.78, 5) is 13.0. The minimum Gasteiger partial charge on any atom is -0.374 e. The number of nitrogens with zero attached hydrogens (tertiary/aromatic N) is 2. The Morgan fingerprint density at radius 3 is 2.50 bits per heavy atom. The first kappa shape index (κ1) is 23.8. The molecule has 0 aromatic heterocycles. The van der Waals surface area contributed by atoms with Crippen LogP contribution in [-0.2, 0) is 4.79 Å². The van der Waals surface area contributed by atoms with Gasteiger partial charge in [-0.3, -0.25) is 4.79 Å². The fraction of sp³-hybridized carbons (Fsp3) is 0.684. The number of carbonyl (C=O) groups is 1. The van der Waals surface area contributed by atoms with Crippen LogP contribution in [0.5, 0.6) is 0 Å². The van der Waals surface area contributed by atoms with E-state index in [1.807, 2.05) is 53.1 Å². The molecule has 150 valence electrons. The van der Waals surface area contributed by atoms with Gasteiger partial charge in [0, 0.05) is 27.1 Å². The fourth-order valence-corrected chi connectivity index (χ4v) is 2.63. The van der Waals surface area contributed by atoms with Crippen LogP contribution in [0.15, 0.2) is 23.7 Å². The van der Waals surface area contributed by atoms with Crippen molar-refractivity contribution in [3.05, 3.63) is 23.7 Å². The zero-order valence-corrected chi connectivity index (χ0v) is 17.1. The number of hydrogen-bond donors (Lipinski definition) is 4. The van der Waals surface area contributed by atoms with Crippen LogP contribution in [0.3, 0.4) is 0 Å². The summed E-state index contributed by atoms with van der Waals surface area (Å²) < 4.78 is 0. The highest BCUT2D eigenvalue weighted by atomic mass is 16.2. The predicted octanol–water partition coefficient (Wildman–Crippen LogP) is 2.43. The first-order chi connectivity index (χ1) is 12.7. The van der Waals surface area contributed by atoms with E-state index in [4.69, 9.17) is 5.26 Å². The third-order valence-corrected chi connectivity index (χ3v) is 4.08. The van der Waals surface area contributed by atoms with Crippen molar-refractivity contribution >= 4 is 5.91 Å². The molecule has 1 atom stereocenters. The number of amides is 1. The van der Waals surface area contributed by atoms with Crippen molar-refractivity contribution in [2.24, 2.45) is 5.92 Å². The van der Waals surface area contributed by atoms with Crippen LogP contribution in [0.25, 0.3) is 0 Å². The maximum absolute atomic E-state index is 11.2. The molecule has 0 saturated carbocycles. The third kappa shape index (κ3) is 7.36. The predicted molar refractivity (Wildman–Crippen MR) is 108 cm³/mol. The maximum Gasteiger partial charge on any atom is 0.236 e. The van der Waals surface area contributed by atoms with Crippen molar-refractivity contribution in [1.82, 2.24) is 26.4 Å². The lowest BCUT2D eigenvalue weighted by atomic mass is 9.99. The van der Waals surface area contributed by atoms with Crippen LogP contribution in [0.1, 0.15) is 55.3 Å². The number of piperidine rings is 1. The van der Waals surface area contributed by atoms with Gasteiger partial charge in [-0.15, -0.1) is 0 Å². The van der Waals surface area contributed by atoms with E-state index in [0.29, 0.717) is 0 Å². The highest BCUT2D eigenvalue weighted by Gasteiger charge is 2.24. The van der Waals surface area contributed by atoms with Crippen molar-refractivity contribution in [1.29, 1.82) is 5.26 Å². The van der Waals surface area contributed by atoms with E-state index in [1.54, 1.807) is 4.90 Å². The number of hydrogen-bond acceptors (Lipinski definition) is 6. The zero-order chi connectivity index (χ0) is 19.9. The number of fused-ring (bicyclic) bond motifs is 1. The molecular weight excluding hydrogens is 328 g/mol. The molecule has 1 unspecified atom stereocenters. The number of hydrazine groups is 1. The molecule has 1 amide bonds. The van der Waals surface area contributed by atoms with E-state index < -0.39 is 0 Å². The number of rotatable bonds is 2. The van der Waals surface area contributed by atoms with E-state index in [-0.39, 0.29) is 19.9 Å². The molecule has 0 bridgehead atoms. The van der Waals surface area contributed by atoms with Gasteiger partial charge in [-0.05, 0) is 31.0 Å². The number of likely N-dealkylation sites (tertiary alicyclic amines) is 1. The summed E-state index contributed by atoms with van der Waals surface area (Å²) in [7, 11) is 1.89. The summed E-state index contributed by atoms with van der Waals surface area (Å²) in [6, 6.07) is 1.88. The smallest absolute Gasteiger partial charge is 0.236 e. The molecule has 4 N–H and O–H groups in total. The second-order valence-electron chi connectivity index (χ2n) is 5.68. The van der Waals surface area contributed by atoms with Crippen LogP contribution in [0, 0.1) is 17.2 Å². The van der Waals surface area contributed by atoms with Gasteiger partial charge in [-0.25, -0.2) is 5.43 Å². The molecular formula is C19H38N6O. The quantitative estimate of drug-likeness (QED) is 0.600. The van der Waals surface area contributed by atoms with Gasteiger partial charge in [-0.2, -0.15) is 5.26 Å². The van der Waals surface area contributed by atoms with Gasteiger partial charge in [0.1, 0.15) is 18.4 Å². The molecule has 0 aromatic rings. The van der Waals surface area contributed by atoms with Gasteiger partial charge in [0.25, 0.3) is 0 Å². The Balaban J connectivity index is 0. The Hall–Kier alpha value is -2.20. The van der Waals surface area contributed by atoms with Gasteiger partial charge in [-0.1, -0.05) is 34.6 Å². The van der Waals surface area contributed by atoms with Crippen LogP contribution in [-0.4, -0.2) is 37.1 Å². The maximum atomic E-state index is 11.2. The Labute approximate surface area is 160 Å². The Morgan fingerprint density at radius 1 is 1.35 bits per heavy atom. The van der Waals surface area contributed by atoms with E-state index >= 15 is 0 Å². The Morgan fingerprint density at radius 2 is 1.96 bits per heavy atom. The van der Waals surface area contributed by atoms with Crippen LogP contribution >= 0.6 is 0 Å². The molecule has 1 saturated heterocycles. The minimum absolute atomic E-state index is 0. The largest absolute Gasteiger partial charge is 0.374 e. The molecule has 7 nitrogen and oxygen atoms in total. The SMILES string of the molecule is CC.CC.CC1CCN(C(=O)CC#N)CC1.CNC1=C2C=CNC2NN1.[HH]. The van der Waals surface area contributed by atoms with Gasteiger partial charge in [0.2, 0.25) is 5.91 Å². The van der Waals surface area contributed by atoms with Crippen molar-refractivity contribution in [2.45, 2.75) is 60.0 Å². The number of nitriles is 1. The lowest BCUT2D eigenvalue weighted by Gasteiger charge is -2.29. The number of nitrogens with one attached hydrogen (secondary N) is 4. The van der Waals surface area contributed by atoms with Crippen molar-refractivity contribution < 1.29 is 6.22 Å². The number of carbonyl (C=O) groups excluding carboxylic acids is 1. The molecule has 3 aliphatic heterocycles. The molecule has 0 aliphatic carbocycles. The molecule has 26 heavy (non-hydrogen) atoms. The molecule has 0 spiro atoms. The summed E-state index contributed by atoms with van der Waals surface area (Å²) in [6.07, 6.45) is 6.43. The van der Waals surface area contributed by atoms with E-state index in [1.165, 1.54) is 5.57 Å². The van der Waals surface area contributed by atoms with Crippen molar-refractivity contribution in [3.63, 3.8) is 0 Å². The monoisotopic (exact) mass is 366 g/mol. The topological polar surface area (TPSA) is 92.2 Å². The second-order valence-corrected chi connectivity index (χ2v) is 5.68. The second kappa shape index (κ2) is 14.0. The van der Waals surface area contributed by atoms with Gasteiger partial charge < -0.3 is 21.0 Å². The van der Waals surface area contributed by atoms with E-state index in [2.05, 4.69) is 28.4 Å². The molecule has 0 aromatic carbocycles. The molecule has 0 radical (unpaired) electrons. The summed E-state index contributed by atoms with van der Waals surface area (Å²) in [6.45, 7) is 11.9. The van der Waals surface area contributed by atoms with E-state index in [9.17, 15) is 4.79 Å². The lowest BCUT2D eigenvalue weighted by molar-refractivity contribution is -0.131.